The lowest BCUT2D eigenvalue weighted by Gasteiger charge is -2.13. The van der Waals surface area contributed by atoms with E-state index in [-0.39, 0.29) is 33.0 Å². The number of rotatable bonds is 6. The third-order valence-corrected chi connectivity index (χ3v) is 6.28. The summed E-state index contributed by atoms with van der Waals surface area (Å²) in [5.41, 5.74) is 6.16. The maximum absolute atomic E-state index is 14.0. The smallest absolute Gasteiger partial charge is 0.417 e. The van der Waals surface area contributed by atoms with Gasteiger partial charge in [0.1, 0.15) is 9.71 Å². The van der Waals surface area contributed by atoms with Crippen molar-refractivity contribution in [2.45, 2.75) is 12.7 Å². The van der Waals surface area contributed by atoms with E-state index in [1.54, 1.807) is 12.1 Å². The number of fused-ring (bicyclic) bond motifs is 1. The van der Waals surface area contributed by atoms with Crippen LogP contribution >= 0.6 is 11.3 Å². The Kier molecular flexibility index (Phi) is 6.34. The molecular formula is C24H20F3N3O3S. The highest BCUT2D eigenvalue weighted by molar-refractivity contribution is 7.21. The molecule has 0 radical (unpaired) electrons. The number of carbonyl (C=O) groups excluding carboxylic acids is 1. The molecule has 0 atom stereocenters. The summed E-state index contributed by atoms with van der Waals surface area (Å²) < 4.78 is 52.5. The van der Waals surface area contributed by atoms with Crippen LogP contribution in [0.3, 0.4) is 0 Å². The van der Waals surface area contributed by atoms with Gasteiger partial charge in [-0.1, -0.05) is 30.3 Å². The van der Waals surface area contributed by atoms with Crippen molar-refractivity contribution in [3.8, 4) is 22.8 Å². The number of thiophene rings is 1. The van der Waals surface area contributed by atoms with Gasteiger partial charge in [0.05, 0.1) is 31.2 Å². The number of benzene rings is 2. The number of methoxy groups -OCH3 is 2. The predicted octanol–water partition coefficient (Wildman–Crippen LogP) is 5.51. The first-order chi connectivity index (χ1) is 16.2. The number of hydrogen-bond acceptors (Lipinski definition) is 6. The van der Waals surface area contributed by atoms with Crippen LogP contribution in [0, 0.1) is 0 Å². The fraction of sp³-hybridized carbons (Fsp3) is 0.167. The fourth-order valence-corrected chi connectivity index (χ4v) is 4.55. The van der Waals surface area contributed by atoms with E-state index in [9.17, 15) is 18.0 Å². The van der Waals surface area contributed by atoms with Crippen molar-refractivity contribution in [1.29, 1.82) is 0 Å². The zero-order valence-electron chi connectivity index (χ0n) is 18.2. The molecule has 4 rings (SSSR count). The molecule has 0 unspecified atom stereocenters. The Labute approximate surface area is 197 Å². The van der Waals surface area contributed by atoms with Gasteiger partial charge in [-0.25, -0.2) is 4.98 Å². The van der Waals surface area contributed by atoms with Gasteiger partial charge in [0.2, 0.25) is 0 Å². The average Bonchev–Trinajstić information content (AvgIpc) is 3.17. The van der Waals surface area contributed by atoms with E-state index in [0.717, 1.165) is 23.0 Å². The third kappa shape index (κ3) is 4.49. The first-order valence-electron chi connectivity index (χ1n) is 10.1. The molecule has 2 aromatic heterocycles. The number of ether oxygens (including phenoxy) is 2. The Hall–Kier alpha value is -3.79. The summed E-state index contributed by atoms with van der Waals surface area (Å²) in [6.07, 6.45) is -4.71. The summed E-state index contributed by atoms with van der Waals surface area (Å²) in [6.45, 7) is 0.212. The number of alkyl halides is 3. The topological polar surface area (TPSA) is 86.5 Å². The zero-order valence-corrected chi connectivity index (χ0v) is 19.0. The van der Waals surface area contributed by atoms with Crippen LogP contribution in [0.25, 0.3) is 21.5 Å². The second-order valence-electron chi connectivity index (χ2n) is 7.32. The van der Waals surface area contributed by atoms with Gasteiger partial charge in [-0.05, 0) is 29.8 Å². The predicted molar refractivity (Wildman–Crippen MR) is 125 cm³/mol. The minimum atomic E-state index is -4.71. The van der Waals surface area contributed by atoms with Crippen LogP contribution in [0.1, 0.15) is 20.8 Å². The minimum absolute atomic E-state index is 0.0157. The highest BCUT2D eigenvalue weighted by Gasteiger charge is 2.36. The van der Waals surface area contributed by atoms with Gasteiger partial charge in [0.15, 0.2) is 11.5 Å². The summed E-state index contributed by atoms with van der Waals surface area (Å²) in [5, 5.41) is 2.42. The molecule has 10 heteroatoms. The van der Waals surface area contributed by atoms with Crippen molar-refractivity contribution in [1.82, 2.24) is 10.3 Å². The van der Waals surface area contributed by atoms with Gasteiger partial charge in [0.25, 0.3) is 5.91 Å². The largest absolute Gasteiger partial charge is 0.493 e. The Bertz CT molecular complexity index is 1350. The van der Waals surface area contributed by atoms with Crippen molar-refractivity contribution in [2.75, 3.05) is 20.0 Å². The van der Waals surface area contributed by atoms with Gasteiger partial charge >= 0.3 is 6.18 Å². The number of amides is 1. The molecule has 0 spiro atoms. The molecular weight excluding hydrogens is 467 g/mol. The van der Waals surface area contributed by atoms with Gasteiger partial charge in [0, 0.05) is 17.5 Å². The molecule has 2 aromatic carbocycles. The van der Waals surface area contributed by atoms with Gasteiger partial charge in [-0.2, -0.15) is 13.2 Å². The molecule has 0 fully saturated rings. The molecule has 1 amide bonds. The van der Waals surface area contributed by atoms with Crippen LogP contribution < -0.4 is 20.5 Å². The van der Waals surface area contributed by atoms with E-state index in [1.165, 1.54) is 20.3 Å². The molecule has 3 N–H and O–H groups in total. The van der Waals surface area contributed by atoms with E-state index in [2.05, 4.69) is 10.3 Å². The molecule has 176 valence electrons. The Morgan fingerprint density at radius 1 is 1.06 bits per heavy atom. The molecule has 34 heavy (non-hydrogen) atoms. The molecule has 0 aliphatic rings. The molecule has 0 aliphatic carbocycles. The summed E-state index contributed by atoms with van der Waals surface area (Å²) in [7, 11) is 2.89. The number of halogens is 3. The first-order valence-corrected chi connectivity index (χ1v) is 10.9. The molecule has 4 aromatic rings. The number of aromatic nitrogens is 1. The number of nitrogen functional groups attached to an aromatic ring is 1. The maximum Gasteiger partial charge on any atom is 0.417 e. The number of anilines is 1. The summed E-state index contributed by atoms with van der Waals surface area (Å²) >= 11 is 0.820. The molecule has 0 saturated heterocycles. The van der Waals surface area contributed by atoms with Crippen molar-refractivity contribution in [3.05, 3.63) is 70.6 Å². The summed E-state index contributed by atoms with van der Waals surface area (Å²) in [4.78, 5) is 17.1. The highest BCUT2D eigenvalue weighted by atomic mass is 32.1. The molecule has 0 aliphatic heterocycles. The lowest BCUT2D eigenvalue weighted by Crippen LogP contribution is -2.22. The van der Waals surface area contributed by atoms with Gasteiger partial charge in [-0.15, -0.1) is 11.3 Å². The molecule has 6 nitrogen and oxygen atoms in total. The van der Waals surface area contributed by atoms with E-state index in [1.807, 2.05) is 30.3 Å². The van der Waals surface area contributed by atoms with Crippen LogP contribution in [0.2, 0.25) is 0 Å². The number of pyridine rings is 1. The second kappa shape index (κ2) is 9.22. The normalized spacial score (nSPS) is 11.4. The van der Waals surface area contributed by atoms with Crippen molar-refractivity contribution < 1.29 is 27.4 Å². The van der Waals surface area contributed by atoms with Crippen LogP contribution in [0.15, 0.2) is 54.6 Å². The van der Waals surface area contributed by atoms with Gasteiger partial charge in [-0.3, -0.25) is 4.79 Å². The van der Waals surface area contributed by atoms with Crippen molar-refractivity contribution in [2.24, 2.45) is 0 Å². The fourth-order valence-electron chi connectivity index (χ4n) is 3.52. The van der Waals surface area contributed by atoms with Gasteiger partial charge < -0.3 is 20.5 Å². The van der Waals surface area contributed by atoms with E-state index in [0.29, 0.717) is 17.1 Å². The Morgan fingerprint density at radius 2 is 1.76 bits per heavy atom. The number of nitrogens with one attached hydrogen (secondary N) is 1. The molecule has 0 saturated carbocycles. The SMILES string of the molecule is COc1ccc(-c2cc(C(F)(F)F)c3c(N)c(C(=O)NCc4ccccc4)sc3n2)cc1OC. The van der Waals surface area contributed by atoms with Crippen LogP contribution in [0.5, 0.6) is 11.5 Å². The van der Waals surface area contributed by atoms with E-state index < -0.39 is 17.6 Å². The minimum Gasteiger partial charge on any atom is -0.493 e. The number of nitrogens with two attached hydrogens (primary N) is 1. The van der Waals surface area contributed by atoms with Crippen LogP contribution in [0.4, 0.5) is 18.9 Å². The monoisotopic (exact) mass is 487 g/mol. The summed E-state index contributed by atoms with van der Waals surface area (Å²) in [5.74, 6) is 0.216. The van der Waals surface area contributed by atoms with Crippen LogP contribution in [-0.4, -0.2) is 25.1 Å². The van der Waals surface area contributed by atoms with Crippen LogP contribution in [-0.2, 0) is 12.7 Å². The van der Waals surface area contributed by atoms with E-state index in [4.69, 9.17) is 15.2 Å². The summed E-state index contributed by atoms with van der Waals surface area (Å²) in [6, 6.07) is 14.8. The number of nitrogens with zero attached hydrogens (tertiary/aromatic N) is 1. The number of carbonyl (C=O) groups is 1. The third-order valence-electron chi connectivity index (χ3n) is 5.19. The molecule has 2 heterocycles. The highest BCUT2D eigenvalue weighted by Crippen LogP contribution is 2.44. The quantitative estimate of drug-likeness (QED) is 0.375. The second-order valence-corrected chi connectivity index (χ2v) is 8.31. The lowest BCUT2D eigenvalue weighted by molar-refractivity contribution is -0.136. The maximum atomic E-state index is 14.0. The number of hydrogen-bond donors (Lipinski definition) is 2. The van der Waals surface area contributed by atoms with Crippen molar-refractivity contribution >= 4 is 33.1 Å². The zero-order chi connectivity index (χ0) is 24.5. The average molecular weight is 488 g/mol. The lowest BCUT2D eigenvalue weighted by atomic mass is 10.0. The van der Waals surface area contributed by atoms with Crippen molar-refractivity contribution in [3.63, 3.8) is 0 Å². The first kappa shape index (κ1) is 23.4. The van der Waals surface area contributed by atoms with E-state index >= 15 is 0 Å². The standard InChI is InChI=1S/C24H20F3N3O3S/c1-32-17-9-8-14(10-18(17)33-2)16-11-15(24(25,26)27)19-20(28)21(34-23(19)30-16)22(31)29-12-13-6-4-3-5-7-13/h3-11H,12,28H2,1-2H3,(H,29,31). The Balaban J connectivity index is 1.79. The molecule has 0 bridgehead atoms. The Morgan fingerprint density at radius 3 is 2.41 bits per heavy atom.